The van der Waals surface area contributed by atoms with E-state index in [0.29, 0.717) is 18.2 Å². The van der Waals surface area contributed by atoms with Gasteiger partial charge in [0.25, 0.3) is 0 Å². The zero-order valence-corrected chi connectivity index (χ0v) is 18.2. The van der Waals surface area contributed by atoms with Gasteiger partial charge in [0.1, 0.15) is 5.01 Å². The lowest BCUT2D eigenvalue weighted by atomic mass is 9.96. The highest BCUT2D eigenvalue weighted by molar-refractivity contribution is 7.09. The summed E-state index contributed by atoms with van der Waals surface area (Å²) in [7, 11) is 0. The molecule has 0 aliphatic heterocycles. The van der Waals surface area contributed by atoms with Crippen LogP contribution in [-0.2, 0) is 9.53 Å². The average Bonchev–Trinajstić information content (AvgIpc) is 3.09. The Balaban J connectivity index is 2.78. The first kappa shape index (κ1) is 23.6. The fourth-order valence-corrected chi connectivity index (χ4v) is 3.75. The molecule has 154 valence electrons. The molecule has 0 unspecified atom stereocenters. The number of amides is 1. The third-order valence-corrected chi connectivity index (χ3v) is 5.37. The number of nitrogens with one attached hydrogen (secondary N) is 2. The molecule has 0 aromatic carbocycles. The van der Waals surface area contributed by atoms with E-state index < -0.39 is 5.97 Å². The van der Waals surface area contributed by atoms with Gasteiger partial charge in [0.2, 0.25) is 5.91 Å². The molecule has 0 bridgehead atoms. The minimum absolute atomic E-state index is 0.0988. The number of unbranched alkanes of at least 4 members (excludes halogenated alkanes) is 3. The minimum Gasteiger partial charge on any atom is -0.461 e. The highest BCUT2D eigenvalue weighted by atomic mass is 32.1. The molecular formula is C20H35N3O3S. The molecular weight excluding hydrogens is 362 g/mol. The zero-order chi connectivity index (χ0) is 20.2. The molecule has 0 saturated heterocycles. The number of carbonyl (C=O) groups is 2. The Morgan fingerprint density at radius 1 is 1.22 bits per heavy atom. The van der Waals surface area contributed by atoms with Crippen molar-refractivity contribution in [2.24, 2.45) is 5.92 Å². The number of hydrogen-bond acceptors (Lipinski definition) is 6. The van der Waals surface area contributed by atoms with Gasteiger partial charge in [0.15, 0.2) is 5.69 Å². The van der Waals surface area contributed by atoms with Gasteiger partial charge in [-0.2, -0.15) is 0 Å². The fourth-order valence-electron chi connectivity index (χ4n) is 2.90. The molecule has 0 spiro atoms. The van der Waals surface area contributed by atoms with Crippen LogP contribution in [0, 0.1) is 5.92 Å². The summed E-state index contributed by atoms with van der Waals surface area (Å²) in [5.41, 5.74) is 0.306. The van der Waals surface area contributed by atoms with Gasteiger partial charge in [0.05, 0.1) is 12.6 Å². The molecule has 0 aliphatic rings. The van der Waals surface area contributed by atoms with Crippen LogP contribution in [0.4, 0.5) is 0 Å². The lowest BCUT2D eigenvalue weighted by Gasteiger charge is -2.27. The molecule has 0 aliphatic carbocycles. The van der Waals surface area contributed by atoms with Crippen molar-refractivity contribution in [3.05, 3.63) is 16.1 Å². The maximum Gasteiger partial charge on any atom is 0.357 e. The molecule has 1 aromatic rings. The van der Waals surface area contributed by atoms with E-state index in [1.807, 2.05) is 0 Å². The summed E-state index contributed by atoms with van der Waals surface area (Å²) in [5, 5.41) is 9.07. The summed E-state index contributed by atoms with van der Waals surface area (Å²) in [6.07, 6.45) is 5.62. The third kappa shape index (κ3) is 8.84. The molecule has 27 heavy (non-hydrogen) atoms. The second-order valence-electron chi connectivity index (χ2n) is 7.15. The number of thiazole rings is 1. The number of aromatic nitrogens is 1. The van der Waals surface area contributed by atoms with E-state index in [0.717, 1.165) is 24.4 Å². The summed E-state index contributed by atoms with van der Waals surface area (Å²) in [6, 6.07) is 0.0460. The number of ether oxygens (including phenoxy) is 1. The van der Waals surface area contributed by atoms with E-state index >= 15 is 0 Å². The molecule has 1 amide bonds. The van der Waals surface area contributed by atoms with Crippen molar-refractivity contribution >= 4 is 23.2 Å². The van der Waals surface area contributed by atoms with Gasteiger partial charge in [-0.1, -0.05) is 40.0 Å². The summed E-state index contributed by atoms with van der Waals surface area (Å²) >= 11 is 1.39. The van der Waals surface area contributed by atoms with Crippen LogP contribution < -0.4 is 10.6 Å². The van der Waals surface area contributed by atoms with E-state index in [1.54, 1.807) is 12.3 Å². The van der Waals surface area contributed by atoms with E-state index in [2.05, 4.69) is 36.4 Å². The van der Waals surface area contributed by atoms with Crippen LogP contribution >= 0.6 is 11.3 Å². The predicted octanol–water partition coefficient (Wildman–Crippen LogP) is 4.08. The van der Waals surface area contributed by atoms with Crippen LogP contribution in [0.15, 0.2) is 5.38 Å². The second kappa shape index (κ2) is 12.8. The Labute approximate surface area is 167 Å². The first-order valence-electron chi connectivity index (χ1n) is 10.0. The number of nitrogens with zero attached hydrogens (tertiary/aromatic N) is 1. The number of hydrogen-bond donors (Lipinski definition) is 2. The van der Waals surface area contributed by atoms with Crippen molar-refractivity contribution in [1.29, 1.82) is 0 Å². The minimum atomic E-state index is -0.420. The Kier molecular flexibility index (Phi) is 11.2. The van der Waals surface area contributed by atoms with Gasteiger partial charge >= 0.3 is 5.97 Å². The molecule has 2 N–H and O–H groups in total. The predicted molar refractivity (Wildman–Crippen MR) is 110 cm³/mol. The molecule has 7 heteroatoms. The Morgan fingerprint density at radius 2 is 1.96 bits per heavy atom. The van der Waals surface area contributed by atoms with Gasteiger partial charge in [-0.3, -0.25) is 4.79 Å². The van der Waals surface area contributed by atoms with Crippen LogP contribution in [0.5, 0.6) is 0 Å². The van der Waals surface area contributed by atoms with E-state index in [9.17, 15) is 9.59 Å². The van der Waals surface area contributed by atoms with Crippen molar-refractivity contribution in [3.63, 3.8) is 0 Å². The van der Waals surface area contributed by atoms with Crippen LogP contribution in [0.25, 0.3) is 0 Å². The maximum atomic E-state index is 11.9. The van der Waals surface area contributed by atoms with Crippen molar-refractivity contribution < 1.29 is 14.3 Å². The second-order valence-corrected chi connectivity index (χ2v) is 8.04. The van der Waals surface area contributed by atoms with E-state index in [-0.39, 0.29) is 18.0 Å². The van der Waals surface area contributed by atoms with Crippen molar-refractivity contribution in [2.45, 2.75) is 78.8 Å². The molecule has 2 atom stereocenters. The molecule has 6 nitrogen and oxygen atoms in total. The molecule has 1 aromatic heterocycles. The van der Waals surface area contributed by atoms with Crippen LogP contribution in [0.3, 0.4) is 0 Å². The normalized spacial score (nSPS) is 13.4. The monoisotopic (exact) mass is 397 g/mol. The third-order valence-electron chi connectivity index (χ3n) is 4.41. The first-order valence-corrected chi connectivity index (χ1v) is 10.9. The average molecular weight is 398 g/mol. The van der Waals surface area contributed by atoms with Crippen LogP contribution in [-0.4, -0.2) is 36.1 Å². The lowest BCUT2D eigenvalue weighted by molar-refractivity contribution is -0.119. The standard InChI is InChI=1S/C20H35N3O3S/c1-6-8-9-10-11-21-16(14(3)4)12-17(22-15(5)24)19-23-18(13-27-19)20(25)26-7-2/h13-14,16-17,21H,6-12H2,1-5H3,(H,22,24)/t16-,17-/m1/s1. The molecule has 0 saturated carbocycles. The SMILES string of the molecule is CCCCCCN[C@H](C[C@@H](NC(C)=O)c1nc(C(=O)OCC)cs1)C(C)C. The smallest absolute Gasteiger partial charge is 0.357 e. The van der Waals surface area contributed by atoms with Gasteiger partial charge in [0, 0.05) is 18.3 Å². The number of esters is 1. The Hall–Kier alpha value is -1.47. The largest absolute Gasteiger partial charge is 0.461 e. The summed E-state index contributed by atoms with van der Waals surface area (Å²) in [6.45, 7) is 11.1. The lowest BCUT2D eigenvalue weighted by Crippen LogP contribution is -2.39. The Bertz CT molecular complexity index is 575. The van der Waals surface area contributed by atoms with Crippen molar-refractivity contribution in [2.75, 3.05) is 13.2 Å². The number of rotatable bonds is 13. The molecule has 1 rings (SSSR count). The topological polar surface area (TPSA) is 80.3 Å². The van der Waals surface area contributed by atoms with Crippen LogP contribution in [0.2, 0.25) is 0 Å². The number of carbonyl (C=O) groups excluding carboxylic acids is 2. The summed E-state index contributed by atoms with van der Waals surface area (Å²) in [5.74, 6) is -0.0914. The highest BCUT2D eigenvalue weighted by Gasteiger charge is 2.24. The first-order chi connectivity index (χ1) is 12.9. The van der Waals surface area contributed by atoms with Gasteiger partial charge in [-0.15, -0.1) is 11.3 Å². The van der Waals surface area contributed by atoms with Crippen molar-refractivity contribution in [3.8, 4) is 0 Å². The van der Waals surface area contributed by atoms with Crippen molar-refractivity contribution in [1.82, 2.24) is 15.6 Å². The summed E-state index contributed by atoms with van der Waals surface area (Å²) < 4.78 is 5.01. The maximum absolute atomic E-state index is 11.9. The molecule has 0 fully saturated rings. The van der Waals surface area contributed by atoms with Crippen LogP contribution in [0.1, 0.15) is 88.3 Å². The van der Waals surface area contributed by atoms with Gasteiger partial charge in [-0.05, 0) is 32.2 Å². The van der Waals surface area contributed by atoms with E-state index in [4.69, 9.17) is 4.74 Å². The quantitative estimate of drug-likeness (QED) is 0.387. The van der Waals surface area contributed by atoms with Gasteiger partial charge < -0.3 is 15.4 Å². The summed E-state index contributed by atoms with van der Waals surface area (Å²) in [4.78, 5) is 28.0. The fraction of sp³-hybridized carbons (Fsp3) is 0.750. The molecule has 1 heterocycles. The highest BCUT2D eigenvalue weighted by Crippen LogP contribution is 2.25. The zero-order valence-electron chi connectivity index (χ0n) is 17.3. The Morgan fingerprint density at radius 3 is 2.56 bits per heavy atom. The van der Waals surface area contributed by atoms with E-state index in [1.165, 1.54) is 37.5 Å². The van der Waals surface area contributed by atoms with Gasteiger partial charge in [-0.25, -0.2) is 9.78 Å². The molecule has 0 radical (unpaired) electrons.